The molecule has 31 heavy (non-hydrogen) atoms. The van der Waals surface area contributed by atoms with Gasteiger partial charge in [-0.25, -0.2) is 4.98 Å². The van der Waals surface area contributed by atoms with Crippen LogP contribution in [0.25, 0.3) is 11.3 Å². The Morgan fingerprint density at radius 1 is 1.23 bits per heavy atom. The van der Waals surface area contributed by atoms with Gasteiger partial charge in [0.2, 0.25) is 5.91 Å². The van der Waals surface area contributed by atoms with Gasteiger partial charge >= 0.3 is 0 Å². The number of carbonyl (C=O) groups excluding carboxylic acids is 1. The van der Waals surface area contributed by atoms with E-state index in [9.17, 15) is 10.1 Å². The topological polar surface area (TPSA) is 78.9 Å². The number of amides is 1. The molecular weight excluding hydrogens is 406 g/mol. The number of carbonyl (C=O) groups is 1. The zero-order chi connectivity index (χ0) is 22.0. The van der Waals surface area contributed by atoms with E-state index in [1.54, 1.807) is 6.26 Å². The van der Waals surface area contributed by atoms with E-state index in [0.717, 1.165) is 59.3 Å². The number of nitriles is 1. The van der Waals surface area contributed by atoms with Crippen LogP contribution in [0, 0.1) is 32.1 Å². The van der Waals surface area contributed by atoms with E-state index in [2.05, 4.69) is 23.5 Å². The van der Waals surface area contributed by atoms with Crippen molar-refractivity contribution in [3.05, 3.63) is 64.0 Å². The smallest absolute Gasteiger partial charge is 0.234 e. The van der Waals surface area contributed by atoms with E-state index in [1.165, 1.54) is 17.3 Å². The van der Waals surface area contributed by atoms with Crippen LogP contribution in [0.2, 0.25) is 0 Å². The molecule has 0 saturated heterocycles. The number of hydrogen-bond acceptors (Lipinski definition) is 5. The average Bonchev–Trinajstić information content (AvgIpc) is 3.28. The molecule has 2 aromatic heterocycles. The minimum atomic E-state index is -0.108. The number of furan rings is 1. The van der Waals surface area contributed by atoms with Crippen molar-refractivity contribution in [3.63, 3.8) is 0 Å². The number of thioether (sulfide) groups is 1. The van der Waals surface area contributed by atoms with Crippen molar-refractivity contribution in [1.29, 1.82) is 5.26 Å². The molecule has 1 aliphatic rings. The summed E-state index contributed by atoms with van der Waals surface area (Å²) < 4.78 is 5.66. The van der Waals surface area contributed by atoms with Gasteiger partial charge in [-0.3, -0.25) is 4.79 Å². The summed E-state index contributed by atoms with van der Waals surface area (Å²) in [4.78, 5) is 17.5. The molecule has 0 spiro atoms. The molecule has 0 unspecified atom stereocenters. The van der Waals surface area contributed by atoms with E-state index < -0.39 is 0 Å². The van der Waals surface area contributed by atoms with Crippen LogP contribution < -0.4 is 5.32 Å². The summed E-state index contributed by atoms with van der Waals surface area (Å²) in [5, 5.41) is 13.6. The van der Waals surface area contributed by atoms with Gasteiger partial charge < -0.3 is 9.73 Å². The molecule has 1 amide bonds. The lowest BCUT2D eigenvalue weighted by atomic mass is 9.89. The van der Waals surface area contributed by atoms with Crippen LogP contribution in [-0.4, -0.2) is 16.6 Å². The van der Waals surface area contributed by atoms with E-state index >= 15 is 0 Å². The fourth-order valence-corrected chi connectivity index (χ4v) is 5.11. The molecule has 158 valence electrons. The van der Waals surface area contributed by atoms with Gasteiger partial charge in [0.05, 0.1) is 17.6 Å². The Kier molecular flexibility index (Phi) is 6.15. The predicted molar refractivity (Wildman–Crippen MR) is 123 cm³/mol. The molecule has 0 aliphatic heterocycles. The Labute approximate surface area is 186 Å². The quantitative estimate of drug-likeness (QED) is 0.521. The minimum Gasteiger partial charge on any atom is -0.464 e. The number of nitrogens with zero attached hydrogens (tertiary/aromatic N) is 2. The SMILES string of the molecule is Cc1cc(C)c(NC(=O)CSc2nc3c(c(-c4ccco4)c2C#N)CCCC3)c(C)c1. The molecule has 0 radical (unpaired) electrons. The van der Waals surface area contributed by atoms with Gasteiger partial charge in [-0.2, -0.15) is 5.26 Å². The van der Waals surface area contributed by atoms with Crippen LogP contribution >= 0.6 is 11.8 Å². The zero-order valence-electron chi connectivity index (χ0n) is 18.0. The lowest BCUT2D eigenvalue weighted by molar-refractivity contribution is -0.113. The Morgan fingerprint density at radius 2 is 1.97 bits per heavy atom. The molecule has 0 saturated carbocycles. The van der Waals surface area contributed by atoms with Gasteiger partial charge in [0.15, 0.2) is 0 Å². The van der Waals surface area contributed by atoms with Crippen LogP contribution in [0.5, 0.6) is 0 Å². The number of anilines is 1. The van der Waals surface area contributed by atoms with Crippen molar-refractivity contribution in [1.82, 2.24) is 4.98 Å². The fourth-order valence-electron chi connectivity index (χ4n) is 4.31. The number of aromatic nitrogens is 1. The third-order valence-electron chi connectivity index (χ3n) is 5.60. The molecule has 1 aromatic carbocycles. The van der Waals surface area contributed by atoms with Crippen molar-refractivity contribution in [2.75, 3.05) is 11.1 Å². The van der Waals surface area contributed by atoms with Crippen LogP contribution in [-0.2, 0) is 17.6 Å². The molecule has 0 fully saturated rings. The Balaban J connectivity index is 1.61. The first-order valence-electron chi connectivity index (χ1n) is 10.5. The van der Waals surface area contributed by atoms with Crippen LogP contribution in [0.3, 0.4) is 0 Å². The number of fused-ring (bicyclic) bond motifs is 1. The highest BCUT2D eigenvalue weighted by Gasteiger charge is 2.25. The van der Waals surface area contributed by atoms with Gasteiger partial charge in [-0.05, 0) is 75.3 Å². The molecule has 4 rings (SSSR count). The molecule has 0 atom stereocenters. The summed E-state index contributed by atoms with van der Waals surface area (Å²) >= 11 is 1.31. The number of hydrogen-bond donors (Lipinski definition) is 1. The maximum Gasteiger partial charge on any atom is 0.234 e. The van der Waals surface area contributed by atoms with Crippen molar-refractivity contribution < 1.29 is 9.21 Å². The first kappa shape index (κ1) is 21.2. The van der Waals surface area contributed by atoms with E-state index in [4.69, 9.17) is 9.40 Å². The number of aryl methyl sites for hydroxylation is 4. The average molecular weight is 432 g/mol. The fraction of sp³-hybridized carbons (Fsp3) is 0.320. The van der Waals surface area contributed by atoms with Gasteiger partial charge in [0.1, 0.15) is 16.9 Å². The highest BCUT2D eigenvalue weighted by molar-refractivity contribution is 8.00. The molecule has 0 bridgehead atoms. The number of pyridine rings is 1. The van der Waals surface area contributed by atoms with Crippen molar-refractivity contribution in [2.24, 2.45) is 0 Å². The van der Waals surface area contributed by atoms with Gasteiger partial charge in [0.25, 0.3) is 0 Å². The molecule has 1 N–H and O–H groups in total. The molecule has 5 nitrogen and oxygen atoms in total. The van der Waals surface area contributed by atoms with Gasteiger partial charge in [-0.15, -0.1) is 0 Å². The van der Waals surface area contributed by atoms with Crippen LogP contribution in [0.1, 0.15) is 46.4 Å². The number of nitrogens with one attached hydrogen (secondary N) is 1. The van der Waals surface area contributed by atoms with Crippen molar-refractivity contribution in [2.45, 2.75) is 51.5 Å². The third-order valence-corrected chi connectivity index (χ3v) is 6.58. The summed E-state index contributed by atoms with van der Waals surface area (Å²) in [7, 11) is 0. The van der Waals surface area contributed by atoms with Crippen LogP contribution in [0.4, 0.5) is 5.69 Å². The monoisotopic (exact) mass is 431 g/mol. The van der Waals surface area contributed by atoms with E-state index in [1.807, 2.05) is 32.9 Å². The van der Waals surface area contributed by atoms with E-state index in [-0.39, 0.29) is 11.7 Å². The minimum absolute atomic E-state index is 0.108. The lowest BCUT2D eigenvalue weighted by Crippen LogP contribution is -2.17. The highest BCUT2D eigenvalue weighted by Crippen LogP contribution is 2.38. The van der Waals surface area contributed by atoms with Crippen LogP contribution in [0.15, 0.2) is 40.0 Å². The van der Waals surface area contributed by atoms with Crippen molar-refractivity contribution in [3.8, 4) is 17.4 Å². The predicted octanol–water partition coefficient (Wildman–Crippen LogP) is 5.75. The second-order valence-corrected chi connectivity index (χ2v) is 8.96. The molecule has 2 heterocycles. The summed E-state index contributed by atoms with van der Waals surface area (Å²) in [6.07, 6.45) is 5.57. The van der Waals surface area contributed by atoms with Gasteiger partial charge in [-0.1, -0.05) is 29.5 Å². The summed E-state index contributed by atoms with van der Waals surface area (Å²) in [5.41, 5.74) is 7.57. The summed E-state index contributed by atoms with van der Waals surface area (Å²) in [5.74, 6) is 0.766. The van der Waals surface area contributed by atoms with Gasteiger partial charge in [0, 0.05) is 16.9 Å². The second kappa shape index (κ2) is 8.99. The summed E-state index contributed by atoms with van der Waals surface area (Å²) in [6, 6.07) is 10.2. The Morgan fingerprint density at radius 3 is 2.65 bits per heavy atom. The Bertz CT molecular complexity index is 1150. The second-order valence-electron chi connectivity index (χ2n) is 8.00. The normalized spacial score (nSPS) is 12.8. The largest absolute Gasteiger partial charge is 0.464 e. The number of benzene rings is 1. The first-order chi connectivity index (χ1) is 15.0. The molecule has 3 aromatic rings. The lowest BCUT2D eigenvalue weighted by Gasteiger charge is -2.20. The standard InChI is InChI=1S/C25H25N3O2S/c1-15-11-16(2)24(17(3)12-15)28-22(29)14-31-25-19(13-26)23(21-9-6-10-30-21)18-7-4-5-8-20(18)27-25/h6,9-12H,4-5,7-8,14H2,1-3H3,(H,28,29). The Hall–Kier alpha value is -3.04. The zero-order valence-corrected chi connectivity index (χ0v) is 18.9. The molecular formula is C25H25N3O2S. The maximum absolute atomic E-state index is 12.7. The molecule has 6 heteroatoms. The summed E-state index contributed by atoms with van der Waals surface area (Å²) in [6.45, 7) is 6.04. The number of rotatable bonds is 5. The molecule has 1 aliphatic carbocycles. The van der Waals surface area contributed by atoms with E-state index in [0.29, 0.717) is 16.3 Å². The highest BCUT2D eigenvalue weighted by atomic mass is 32.2. The first-order valence-corrected chi connectivity index (χ1v) is 11.5. The van der Waals surface area contributed by atoms with Crippen molar-refractivity contribution >= 4 is 23.4 Å². The maximum atomic E-state index is 12.7. The third kappa shape index (κ3) is 4.38.